The molecule has 6 nitrogen and oxygen atoms in total. The highest BCUT2D eigenvalue weighted by atomic mass is 79.9. The standard InChI is InChI=1S/C11H20BrN5O/c1-4-8(2)17(5-6-18-3)11-9(12)10(16-13)14-7-15-11/h7-8H,4-6,13H2,1-3H3,(H,14,15,16). The Morgan fingerprint density at radius 2 is 2.28 bits per heavy atom. The summed E-state index contributed by atoms with van der Waals surface area (Å²) < 4.78 is 5.91. The van der Waals surface area contributed by atoms with Crippen LogP contribution < -0.4 is 16.2 Å². The van der Waals surface area contributed by atoms with E-state index in [2.05, 4.69) is 50.1 Å². The summed E-state index contributed by atoms with van der Waals surface area (Å²) in [6.07, 6.45) is 2.52. The number of anilines is 2. The lowest BCUT2D eigenvalue weighted by Gasteiger charge is -2.30. The van der Waals surface area contributed by atoms with Crippen molar-refractivity contribution in [2.24, 2.45) is 5.84 Å². The minimum absolute atomic E-state index is 0.358. The summed E-state index contributed by atoms with van der Waals surface area (Å²) in [5, 5.41) is 0. The second-order valence-electron chi connectivity index (χ2n) is 3.95. The molecule has 0 saturated heterocycles. The third kappa shape index (κ3) is 3.54. The fourth-order valence-corrected chi connectivity index (χ4v) is 2.15. The molecule has 0 fully saturated rings. The van der Waals surface area contributed by atoms with E-state index in [4.69, 9.17) is 10.6 Å². The minimum atomic E-state index is 0.358. The van der Waals surface area contributed by atoms with Crippen LogP contribution in [0.15, 0.2) is 10.8 Å². The lowest BCUT2D eigenvalue weighted by atomic mass is 10.2. The van der Waals surface area contributed by atoms with Crippen molar-refractivity contribution in [3.05, 3.63) is 10.8 Å². The number of hydrogen-bond acceptors (Lipinski definition) is 6. The Bertz CT molecular complexity index is 376. The number of ether oxygens (including phenoxy) is 1. The van der Waals surface area contributed by atoms with Gasteiger partial charge in [0.1, 0.15) is 16.6 Å². The molecule has 1 aromatic heterocycles. The fraction of sp³-hybridized carbons (Fsp3) is 0.636. The predicted molar refractivity (Wildman–Crippen MR) is 76.5 cm³/mol. The molecular formula is C11H20BrN5O. The second-order valence-corrected chi connectivity index (χ2v) is 4.74. The van der Waals surface area contributed by atoms with Gasteiger partial charge in [-0.25, -0.2) is 15.8 Å². The highest BCUT2D eigenvalue weighted by Crippen LogP contribution is 2.30. The molecule has 0 aliphatic carbocycles. The van der Waals surface area contributed by atoms with E-state index < -0.39 is 0 Å². The van der Waals surface area contributed by atoms with E-state index in [1.54, 1.807) is 7.11 Å². The van der Waals surface area contributed by atoms with Gasteiger partial charge in [-0.3, -0.25) is 0 Å². The van der Waals surface area contributed by atoms with E-state index in [1.807, 2.05) is 0 Å². The molecule has 0 aliphatic rings. The van der Waals surface area contributed by atoms with Gasteiger partial charge in [0, 0.05) is 19.7 Å². The van der Waals surface area contributed by atoms with Gasteiger partial charge in [-0.05, 0) is 29.3 Å². The molecule has 18 heavy (non-hydrogen) atoms. The number of nitrogens with one attached hydrogen (secondary N) is 1. The third-order valence-corrected chi connectivity index (χ3v) is 3.57. The van der Waals surface area contributed by atoms with Gasteiger partial charge >= 0.3 is 0 Å². The van der Waals surface area contributed by atoms with E-state index in [-0.39, 0.29) is 0 Å². The van der Waals surface area contributed by atoms with Crippen molar-refractivity contribution in [1.29, 1.82) is 0 Å². The number of rotatable bonds is 7. The molecule has 1 rings (SSSR count). The van der Waals surface area contributed by atoms with Gasteiger partial charge in [-0.1, -0.05) is 6.92 Å². The van der Waals surface area contributed by atoms with Crippen LogP contribution in [-0.2, 0) is 4.74 Å². The predicted octanol–water partition coefficient (Wildman–Crippen LogP) is 1.78. The maximum Gasteiger partial charge on any atom is 0.159 e. The average Bonchev–Trinajstić information content (AvgIpc) is 2.40. The Hall–Kier alpha value is -0.920. The largest absolute Gasteiger partial charge is 0.383 e. The van der Waals surface area contributed by atoms with Crippen molar-refractivity contribution in [2.45, 2.75) is 26.3 Å². The molecule has 1 unspecified atom stereocenters. The Morgan fingerprint density at radius 1 is 1.56 bits per heavy atom. The molecule has 7 heteroatoms. The first-order valence-corrected chi connectivity index (χ1v) is 6.67. The first kappa shape index (κ1) is 15.1. The number of nitrogens with zero attached hydrogens (tertiary/aromatic N) is 3. The molecular weight excluding hydrogens is 298 g/mol. The minimum Gasteiger partial charge on any atom is -0.383 e. The van der Waals surface area contributed by atoms with Crippen molar-refractivity contribution in [1.82, 2.24) is 9.97 Å². The van der Waals surface area contributed by atoms with Crippen LogP contribution in [0.4, 0.5) is 11.6 Å². The molecule has 0 radical (unpaired) electrons. The Labute approximate surface area is 116 Å². The first-order chi connectivity index (χ1) is 8.65. The van der Waals surface area contributed by atoms with Gasteiger partial charge in [0.05, 0.1) is 6.61 Å². The van der Waals surface area contributed by atoms with Crippen molar-refractivity contribution in [2.75, 3.05) is 30.6 Å². The van der Waals surface area contributed by atoms with Crippen LogP contribution in [0.2, 0.25) is 0 Å². The van der Waals surface area contributed by atoms with Gasteiger partial charge in [0.25, 0.3) is 0 Å². The molecule has 0 saturated carbocycles. The normalized spacial score (nSPS) is 12.3. The maximum atomic E-state index is 5.41. The smallest absolute Gasteiger partial charge is 0.159 e. The summed E-state index contributed by atoms with van der Waals surface area (Å²) in [7, 11) is 1.69. The first-order valence-electron chi connectivity index (χ1n) is 5.88. The molecule has 0 bridgehead atoms. The highest BCUT2D eigenvalue weighted by Gasteiger charge is 2.19. The van der Waals surface area contributed by atoms with Gasteiger partial charge in [-0.2, -0.15) is 0 Å². The summed E-state index contributed by atoms with van der Waals surface area (Å²) in [6, 6.07) is 0.358. The van der Waals surface area contributed by atoms with E-state index >= 15 is 0 Å². The topological polar surface area (TPSA) is 76.3 Å². The molecule has 1 atom stereocenters. The summed E-state index contributed by atoms with van der Waals surface area (Å²) in [4.78, 5) is 10.6. The zero-order chi connectivity index (χ0) is 13.5. The fourth-order valence-electron chi connectivity index (χ4n) is 1.61. The lowest BCUT2D eigenvalue weighted by molar-refractivity contribution is 0.203. The van der Waals surface area contributed by atoms with Crippen molar-refractivity contribution < 1.29 is 4.74 Å². The summed E-state index contributed by atoms with van der Waals surface area (Å²) in [5.74, 6) is 6.81. The second kappa shape index (κ2) is 7.50. The molecule has 1 heterocycles. The van der Waals surface area contributed by atoms with E-state index in [1.165, 1.54) is 6.33 Å². The zero-order valence-corrected chi connectivity index (χ0v) is 12.6. The average molecular weight is 318 g/mol. The summed E-state index contributed by atoms with van der Waals surface area (Å²) in [6.45, 7) is 5.71. The van der Waals surface area contributed by atoms with Crippen LogP contribution in [0.25, 0.3) is 0 Å². The van der Waals surface area contributed by atoms with Crippen LogP contribution in [0.1, 0.15) is 20.3 Å². The van der Waals surface area contributed by atoms with E-state index in [0.29, 0.717) is 18.5 Å². The van der Waals surface area contributed by atoms with Gasteiger partial charge in [-0.15, -0.1) is 0 Å². The number of nitrogen functional groups attached to an aromatic ring is 1. The molecule has 3 N–H and O–H groups in total. The number of aromatic nitrogens is 2. The molecule has 0 spiro atoms. The van der Waals surface area contributed by atoms with E-state index in [9.17, 15) is 0 Å². The van der Waals surface area contributed by atoms with Crippen molar-refractivity contribution >= 4 is 27.6 Å². The van der Waals surface area contributed by atoms with Gasteiger partial charge < -0.3 is 15.1 Å². The van der Waals surface area contributed by atoms with Crippen LogP contribution in [0.5, 0.6) is 0 Å². The number of nitrogens with two attached hydrogens (primary N) is 1. The van der Waals surface area contributed by atoms with Crippen LogP contribution >= 0.6 is 15.9 Å². The van der Waals surface area contributed by atoms with Crippen LogP contribution in [0.3, 0.4) is 0 Å². The molecule has 1 aromatic rings. The maximum absolute atomic E-state index is 5.41. The number of methoxy groups -OCH3 is 1. The highest BCUT2D eigenvalue weighted by molar-refractivity contribution is 9.10. The van der Waals surface area contributed by atoms with Crippen LogP contribution in [0, 0.1) is 0 Å². The SMILES string of the molecule is CCC(C)N(CCOC)c1ncnc(NN)c1Br. The molecule has 102 valence electrons. The third-order valence-electron chi connectivity index (χ3n) is 2.84. The number of halogens is 1. The summed E-state index contributed by atoms with van der Waals surface area (Å²) >= 11 is 3.48. The summed E-state index contributed by atoms with van der Waals surface area (Å²) in [5.41, 5.74) is 2.55. The lowest BCUT2D eigenvalue weighted by Crippen LogP contribution is -2.36. The molecule has 0 amide bonds. The van der Waals surface area contributed by atoms with E-state index in [0.717, 1.165) is 23.3 Å². The Balaban J connectivity index is 3.04. The number of hydrazine groups is 1. The molecule has 0 aromatic carbocycles. The van der Waals surface area contributed by atoms with Crippen LogP contribution in [-0.4, -0.2) is 36.3 Å². The Morgan fingerprint density at radius 3 is 2.83 bits per heavy atom. The zero-order valence-electron chi connectivity index (χ0n) is 11.0. The molecule has 0 aliphatic heterocycles. The van der Waals surface area contributed by atoms with Crippen molar-refractivity contribution in [3.8, 4) is 0 Å². The van der Waals surface area contributed by atoms with Gasteiger partial charge in [0.2, 0.25) is 0 Å². The number of hydrogen-bond donors (Lipinski definition) is 2. The monoisotopic (exact) mass is 317 g/mol. The Kier molecular flexibility index (Phi) is 6.31. The van der Waals surface area contributed by atoms with Crippen molar-refractivity contribution in [3.63, 3.8) is 0 Å². The van der Waals surface area contributed by atoms with Gasteiger partial charge in [0.15, 0.2) is 5.82 Å². The quantitative estimate of drug-likeness (QED) is 0.589.